The third-order valence-electron chi connectivity index (χ3n) is 3.44. The maximum Gasteiger partial charge on any atom is 0.319 e. The number of anilines is 1. The number of carbonyl (C=O) groups excluding carboxylic acids is 1. The summed E-state index contributed by atoms with van der Waals surface area (Å²) in [6, 6.07) is 9.74. The zero-order valence-electron chi connectivity index (χ0n) is 12.5. The van der Waals surface area contributed by atoms with E-state index in [4.69, 9.17) is 0 Å². The van der Waals surface area contributed by atoms with Crippen molar-refractivity contribution in [1.29, 1.82) is 0 Å². The number of pyridine rings is 1. The molecule has 0 spiro atoms. The molecular weight excluding hydrogens is 262 g/mol. The highest BCUT2D eigenvalue weighted by molar-refractivity contribution is 5.91. The second kappa shape index (κ2) is 7.43. The van der Waals surface area contributed by atoms with Crippen molar-refractivity contribution in [2.45, 2.75) is 33.2 Å². The molecular formula is C17H21N3O. The SMILES string of the molecule is CCc1cccc(CC)c1NC(=O)NCc1ccncc1. The lowest BCUT2D eigenvalue weighted by Crippen LogP contribution is -2.29. The zero-order chi connectivity index (χ0) is 15.1. The molecule has 21 heavy (non-hydrogen) atoms. The van der Waals surface area contributed by atoms with E-state index in [9.17, 15) is 4.79 Å². The Morgan fingerprint density at radius 3 is 2.24 bits per heavy atom. The summed E-state index contributed by atoms with van der Waals surface area (Å²) in [4.78, 5) is 16.0. The maximum absolute atomic E-state index is 12.1. The maximum atomic E-state index is 12.1. The van der Waals surface area contributed by atoms with Gasteiger partial charge in [-0.2, -0.15) is 0 Å². The third-order valence-corrected chi connectivity index (χ3v) is 3.44. The fourth-order valence-corrected chi connectivity index (χ4v) is 2.24. The van der Waals surface area contributed by atoms with Crippen molar-refractivity contribution in [3.05, 3.63) is 59.4 Å². The molecule has 4 heteroatoms. The number of amides is 2. The van der Waals surface area contributed by atoms with E-state index in [1.807, 2.05) is 18.2 Å². The summed E-state index contributed by atoms with van der Waals surface area (Å²) in [5, 5.41) is 5.86. The molecule has 0 atom stereocenters. The molecule has 2 amide bonds. The summed E-state index contributed by atoms with van der Waals surface area (Å²) < 4.78 is 0. The lowest BCUT2D eigenvalue weighted by Gasteiger charge is -2.15. The summed E-state index contributed by atoms with van der Waals surface area (Å²) in [6.45, 7) is 4.67. The fraction of sp³-hybridized carbons (Fsp3) is 0.294. The molecule has 2 aromatic rings. The van der Waals surface area contributed by atoms with Crippen LogP contribution in [0.25, 0.3) is 0 Å². The van der Waals surface area contributed by atoms with Gasteiger partial charge in [-0.15, -0.1) is 0 Å². The summed E-state index contributed by atoms with van der Waals surface area (Å²) >= 11 is 0. The van der Waals surface area contributed by atoms with Crippen LogP contribution in [0.2, 0.25) is 0 Å². The molecule has 0 aliphatic carbocycles. The van der Waals surface area contributed by atoms with Gasteiger partial charge in [0, 0.05) is 24.6 Å². The van der Waals surface area contributed by atoms with Crippen molar-refractivity contribution < 1.29 is 4.79 Å². The van der Waals surface area contributed by atoms with Gasteiger partial charge in [-0.3, -0.25) is 4.98 Å². The topological polar surface area (TPSA) is 54.0 Å². The predicted octanol–water partition coefficient (Wildman–Crippen LogP) is 3.53. The van der Waals surface area contributed by atoms with Gasteiger partial charge in [0.2, 0.25) is 0 Å². The predicted molar refractivity (Wildman–Crippen MR) is 85.3 cm³/mol. The lowest BCUT2D eigenvalue weighted by molar-refractivity contribution is 0.251. The number of aromatic nitrogens is 1. The molecule has 0 saturated heterocycles. The number of benzene rings is 1. The van der Waals surface area contributed by atoms with E-state index in [-0.39, 0.29) is 6.03 Å². The first-order valence-electron chi connectivity index (χ1n) is 7.29. The van der Waals surface area contributed by atoms with E-state index in [1.54, 1.807) is 12.4 Å². The van der Waals surface area contributed by atoms with Gasteiger partial charge in [-0.1, -0.05) is 32.0 Å². The average Bonchev–Trinajstić information content (AvgIpc) is 2.54. The van der Waals surface area contributed by atoms with Crippen molar-refractivity contribution in [1.82, 2.24) is 10.3 Å². The highest BCUT2D eigenvalue weighted by Crippen LogP contribution is 2.22. The molecule has 1 heterocycles. The Labute approximate surface area is 125 Å². The van der Waals surface area contributed by atoms with Gasteiger partial charge in [0.1, 0.15) is 0 Å². The van der Waals surface area contributed by atoms with Crippen LogP contribution in [0.5, 0.6) is 0 Å². The summed E-state index contributed by atoms with van der Waals surface area (Å²) in [5.74, 6) is 0. The molecule has 0 bridgehead atoms. The molecule has 0 radical (unpaired) electrons. The van der Waals surface area contributed by atoms with E-state index in [1.165, 1.54) is 0 Å². The van der Waals surface area contributed by atoms with E-state index in [0.717, 1.165) is 35.2 Å². The van der Waals surface area contributed by atoms with E-state index in [2.05, 4.69) is 41.6 Å². The van der Waals surface area contributed by atoms with Gasteiger partial charge in [-0.25, -0.2) is 4.79 Å². The number of urea groups is 1. The highest BCUT2D eigenvalue weighted by atomic mass is 16.2. The van der Waals surface area contributed by atoms with Gasteiger partial charge in [0.15, 0.2) is 0 Å². The monoisotopic (exact) mass is 283 g/mol. The van der Waals surface area contributed by atoms with Crippen molar-refractivity contribution >= 4 is 11.7 Å². The molecule has 0 unspecified atom stereocenters. The molecule has 2 rings (SSSR count). The van der Waals surface area contributed by atoms with E-state index >= 15 is 0 Å². The smallest absolute Gasteiger partial charge is 0.319 e. The Balaban J connectivity index is 2.02. The molecule has 4 nitrogen and oxygen atoms in total. The van der Waals surface area contributed by atoms with Crippen LogP contribution in [0.4, 0.5) is 10.5 Å². The van der Waals surface area contributed by atoms with E-state index in [0.29, 0.717) is 6.54 Å². The van der Waals surface area contributed by atoms with Crippen LogP contribution in [-0.2, 0) is 19.4 Å². The average molecular weight is 283 g/mol. The lowest BCUT2D eigenvalue weighted by atomic mass is 10.0. The number of nitrogens with zero attached hydrogens (tertiary/aromatic N) is 1. The van der Waals surface area contributed by atoms with Crippen LogP contribution < -0.4 is 10.6 Å². The second-order valence-electron chi connectivity index (χ2n) is 4.82. The summed E-state index contributed by atoms with van der Waals surface area (Å²) in [5.41, 5.74) is 4.29. The van der Waals surface area contributed by atoms with Gasteiger partial charge in [-0.05, 0) is 41.7 Å². The highest BCUT2D eigenvalue weighted by Gasteiger charge is 2.09. The number of hydrogen-bond donors (Lipinski definition) is 2. The first-order valence-corrected chi connectivity index (χ1v) is 7.29. The number of hydrogen-bond acceptors (Lipinski definition) is 2. The van der Waals surface area contributed by atoms with E-state index < -0.39 is 0 Å². The Morgan fingerprint density at radius 1 is 1.05 bits per heavy atom. The fourth-order valence-electron chi connectivity index (χ4n) is 2.24. The number of aryl methyl sites for hydroxylation is 2. The number of nitrogens with one attached hydrogen (secondary N) is 2. The Hall–Kier alpha value is -2.36. The van der Waals surface area contributed by atoms with Crippen molar-refractivity contribution in [3.63, 3.8) is 0 Å². The van der Waals surface area contributed by atoms with Crippen LogP contribution in [0.1, 0.15) is 30.5 Å². The molecule has 110 valence electrons. The van der Waals surface area contributed by atoms with Crippen molar-refractivity contribution in [2.75, 3.05) is 5.32 Å². The minimum atomic E-state index is -0.178. The molecule has 1 aromatic carbocycles. The third kappa shape index (κ3) is 4.05. The number of carbonyl (C=O) groups is 1. The number of rotatable bonds is 5. The van der Waals surface area contributed by atoms with Gasteiger partial charge >= 0.3 is 6.03 Å². The Kier molecular flexibility index (Phi) is 5.32. The second-order valence-corrected chi connectivity index (χ2v) is 4.82. The largest absolute Gasteiger partial charge is 0.334 e. The number of para-hydroxylation sites is 1. The Morgan fingerprint density at radius 2 is 1.67 bits per heavy atom. The zero-order valence-corrected chi connectivity index (χ0v) is 12.5. The standard InChI is InChI=1S/C17H21N3O/c1-3-14-6-5-7-15(4-2)16(14)20-17(21)19-12-13-8-10-18-11-9-13/h5-11H,3-4,12H2,1-2H3,(H2,19,20,21). The van der Waals surface area contributed by atoms with Crippen molar-refractivity contribution in [2.24, 2.45) is 0 Å². The summed E-state index contributed by atoms with van der Waals surface area (Å²) in [7, 11) is 0. The van der Waals surface area contributed by atoms with Crippen LogP contribution in [-0.4, -0.2) is 11.0 Å². The molecule has 1 aromatic heterocycles. The minimum Gasteiger partial charge on any atom is -0.334 e. The molecule has 0 aliphatic heterocycles. The van der Waals surface area contributed by atoms with Crippen LogP contribution in [0.3, 0.4) is 0 Å². The molecule has 0 saturated carbocycles. The van der Waals surface area contributed by atoms with Gasteiger partial charge in [0.05, 0.1) is 0 Å². The first kappa shape index (κ1) is 15.0. The molecule has 2 N–H and O–H groups in total. The van der Waals surface area contributed by atoms with Gasteiger partial charge in [0.25, 0.3) is 0 Å². The summed E-state index contributed by atoms with van der Waals surface area (Å²) in [6.07, 6.45) is 5.23. The van der Waals surface area contributed by atoms with Crippen LogP contribution >= 0.6 is 0 Å². The minimum absolute atomic E-state index is 0.178. The molecule has 0 aliphatic rings. The Bertz CT molecular complexity index is 574. The van der Waals surface area contributed by atoms with Gasteiger partial charge < -0.3 is 10.6 Å². The van der Waals surface area contributed by atoms with Crippen LogP contribution in [0.15, 0.2) is 42.7 Å². The van der Waals surface area contributed by atoms with Crippen LogP contribution in [0, 0.1) is 0 Å². The quantitative estimate of drug-likeness (QED) is 0.882. The van der Waals surface area contributed by atoms with Crippen molar-refractivity contribution in [3.8, 4) is 0 Å². The normalized spacial score (nSPS) is 10.2. The molecule has 0 fully saturated rings. The first-order chi connectivity index (χ1) is 10.2.